The van der Waals surface area contributed by atoms with Crippen LogP contribution in [0.5, 0.6) is 0 Å². The molecule has 1 aliphatic heterocycles. The number of para-hydroxylation sites is 2. The molecule has 1 aliphatic carbocycles. The summed E-state index contributed by atoms with van der Waals surface area (Å²) in [5.41, 5.74) is 9.55. The van der Waals surface area contributed by atoms with Crippen molar-refractivity contribution in [2.24, 2.45) is 0 Å². The van der Waals surface area contributed by atoms with Crippen molar-refractivity contribution >= 4 is 49.8 Å². The fraction of sp³-hybridized carbons (Fsp3) is 0.0357. The minimum absolute atomic E-state index is 0.205. The second-order valence-electron chi connectivity index (χ2n) is 15.8. The Kier molecular flexibility index (Phi) is 10.2. The summed E-state index contributed by atoms with van der Waals surface area (Å²) in [6, 6.07) is 65.0. The van der Waals surface area contributed by atoms with E-state index in [1.807, 2.05) is 193 Å². The van der Waals surface area contributed by atoms with Gasteiger partial charge in [-0.05, 0) is 66.9 Å². The molecule has 2 aliphatic rings. The third-order valence-electron chi connectivity index (χ3n) is 11.7. The van der Waals surface area contributed by atoms with Crippen molar-refractivity contribution in [2.75, 3.05) is 9.80 Å². The quantitative estimate of drug-likeness (QED) is 0.134. The van der Waals surface area contributed by atoms with Crippen molar-refractivity contribution in [3.63, 3.8) is 0 Å². The maximum Gasteiger partial charge on any atom is 0.207 e. The monoisotopic (exact) mass is 860 g/mol. The standard InChI is InChI=1S/C56H40N6O2S/c63-65(64)51-35-45(61(43-27-15-5-16-28-43)44-29-17-6-18-30-44)31-33-47(51)48-34-32-46(36-52(48)65)62(53-37-49(39-19-7-1-8-20-39)57-55(59-53)41-23-11-3-12-24-41)54-38-50(40-21-9-2-10-22-40)58-56(60-54)42-25-13-4-14-26-42/h1-9,11-21,23-38H,10,22H2. The summed E-state index contributed by atoms with van der Waals surface area (Å²) >= 11 is 0. The second-order valence-corrected chi connectivity index (χ2v) is 17.7. The number of allylic oxidation sites excluding steroid dienone is 4. The third kappa shape index (κ3) is 7.58. The zero-order valence-corrected chi connectivity index (χ0v) is 35.9. The van der Waals surface area contributed by atoms with Gasteiger partial charge in [0, 0.05) is 57.0 Å². The summed E-state index contributed by atoms with van der Waals surface area (Å²) < 4.78 is 30.1. The summed E-state index contributed by atoms with van der Waals surface area (Å²) in [7, 11) is -4.02. The lowest BCUT2D eigenvalue weighted by Crippen LogP contribution is -2.16. The van der Waals surface area contributed by atoms with Crippen LogP contribution in [0.25, 0.3) is 50.7 Å². The molecule has 0 radical (unpaired) electrons. The molecule has 0 saturated heterocycles. The first-order valence-corrected chi connectivity index (χ1v) is 23.0. The van der Waals surface area contributed by atoms with Gasteiger partial charge in [-0.2, -0.15) is 0 Å². The summed E-state index contributed by atoms with van der Waals surface area (Å²) in [6.45, 7) is 0. The molecule has 0 atom stereocenters. The van der Waals surface area contributed by atoms with E-state index in [1.165, 1.54) is 0 Å². The zero-order valence-electron chi connectivity index (χ0n) is 35.1. The summed E-state index contributed by atoms with van der Waals surface area (Å²) in [5.74, 6) is 2.09. The van der Waals surface area contributed by atoms with E-state index in [2.05, 4.69) is 23.1 Å². The second kappa shape index (κ2) is 16.8. The van der Waals surface area contributed by atoms with E-state index in [0.717, 1.165) is 57.9 Å². The first-order chi connectivity index (χ1) is 32.0. The molecule has 0 spiro atoms. The van der Waals surface area contributed by atoms with Crippen LogP contribution in [0.3, 0.4) is 0 Å². The van der Waals surface area contributed by atoms with Crippen LogP contribution in [0, 0.1) is 0 Å². The molecule has 2 aromatic heterocycles. The fourth-order valence-corrected chi connectivity index (χ4v) is 10.3. The van der Waals surface area contributed by atoms with Gasteiger partial charge in [0.25, 0.3) is 0 Å². The van der Waals surface area contributed by atoms with Gasteiger partial charge in [0.15, 0.2) is 11.6 Å². The molecule has 65 heavy (non-hydrogen) atoms. The van der Waals surface area contributed by atoms with Gasteiger partial charge in [-0.15, -0.1) is 0 Å². The van der Waals surface area contributed by atoms with Gasteiger partial charge in [0.05, 0.1) is 26.9 Å². The Morgan fingerprint density at radius 1 is 0.415 bits per heavy atom. The number of aromatic nitrogens is 4. The van der Waals surface area contributed by atoms with Crippen LogP contribution in [0.15, 0.2) is 228 Å². The first-order valence-electron chi connectivity index (χ1n) is 21.5. The van der Waals surface area contributed by atoms with E-state index in [-0.39, 0.29) is 9.79 Å². The van der Waals surface area contributed by atoms with Gasteiger partial charge in [-0.1, -0.05) is 158 Å². The minimum atomic E-state index is -4.02. The van der Waals surface area contributed by atoms with Gasteiger partial charge >= 0.3 is 0 Å². The molecule has 0 N–H and O–H groups in total. The Hall–Kier alpha value is -8.27. The van der Waals surface area contributed by atoms with Crippen LogP contribution in [0.2, 0.25) is 0 Å². The van der Waals surface area contributed by atoms with Crippen molar-refractivity contribution in [3.05, 3.63) is 224 Å². The highest BCUT2D eigenvalue weighted by atomic mass is 32.2. The molecule has 0 bridgehead atoms. The zero-order chi connectivity index (χ0) is 43.7. The van der Waals surface area contributed by atoms with Gasteiger partial charge in [0.1, 0.15) is 11.6 Å². The predicted molar refractivity (Wildman–Crippen MR) is 261 cm³/mol. The van der Waals surface area contributed by atoms with Crippen molar-refractivity contribution in [1.29, 1.82) is 0 Å². The molecule has 0 fully saturated rings. The normalized spacial score (nSPS) is 13.4. The predicted octanol–water partition coefficient (Wildman–Crippen LogP) is 13.8. The molecule has 9 aromatic rings. The van der Waals surface area contributed by atoms with E-state index in [4.69, 9.17) is 19.9 Å². The van der Waals surface area contributed by atoms with E-state index >= 15 is 8.42 Å². The maximum atomic E-state index is 15.0. The average molecular weight is 861 g/mol. The smallest absolute Gasteiger partial charge is 0.207 e. The summed E-state index contributed by atoms with van der Waals surface area (Å²) in [4.78, 5) is 25.2. The Bertz CT molecular complexity index is 3290. The van der Waals surface area contributed by atoms with Gasteiger partial charge in [-0.3, -0.25) is 4.90 Å². The number of rotatable bonds is 10. The lowest BCUT2D eigenvalue weighted by Gasteiger charge is -2.26. The molecular weight excluding hydrogens is 821 g/mol. The first kappa shape index (κ1) is 39.6. The van der Waals surface area contributed by atoms with E-state index in [9.17, 15) is 0 Å². The van der Waals surface area contributed by atoms with Gasteiger partial charge in [-0.25, -0.2) is 28.4 Å². The number of nitrogens with zero attached hydrogens (tertiary/aromatic N) is 6. The Morgan fingerprint density at radius 3 is 1.35 bits per heavy atom. The summed E-state index contributed by atoms with van der Waals surface area (Å²) in [5, 5.41) is 0. The largest absolute Gasteiger partial charge is 0.310 e. The highest BCUT2D eigenvalue weighted by Crippen LogP contribution is 2.49. The van der Waals surface area contributed by atoms with Crippen molar-refractivity contribution in [1.82, 2.24) is 19.9 Å². The molecule has 8 nitrogen and oxygen atoms in total. The molecule has 312 valence electrons. The van der Waals surface area contributed by atoms with Crippen LogP contribution in [0.4, 0.5) is 34.4 Å². The molecule has 0 amide bonds. The molecule has 0 saturated carbocycles. The highest BCUT2D eigenvalue weighted by molar-refractivity contribution is 7.92. The van der Waals surface area contributed by atoms with Crippen molar-refractivity contribution < 1.29 is 8.42 Å². The van der Waals surface area contributed by atoms with E-state index < -0.39 is 9.84 Å². The maximum absolute atomic E-state index is 15.0. The number of benzene rings is 7. The SMILES string of the molecule is O=S1(=O)c2cc(N(c3ccccc3)c3ccccc3)ccc2-c2ccc(N(c3cc(C4=CC=CCC4)nc(-c4ccccc4)n3)c3cc(-c4ccccc4)nc(-c4ccccc4)n3)cc21. The Morgan fingerprint density at radius 2 is 0.862 bits per heavy atom. The number of hydrogen-bond acceptors (Lipinski definition) is 8. The van der Waals surface area contributed by atoms with Crippen LogP contribution in [-0.2, 0) is 9.84 Å². The lowest BCUT2D eigenvalue weighted by molar-refractivity contribution is 0.598. The Balaban J connectivity index is 1.12. The lowest BCUT2D eigenvalue weighted by atomic mass is 10.0. The van der Waals surface area contributed by atoms with Crippen LogP contribution < -0.4 is 9.80 Å². The molecule has 3 heterocycles. The average Bonchev–Trinajstić information content (AvgIpc) is 3.60. The van der Waals surface area contributed by atoms with Crippen LogP contribution >= 0.6 is 0 Å². The highest BCUT2D eigenvalue weighted by Gasteiger charge is 2.35. The minimum Gasteiger partial charge on any atom is -0.310 e. The molecule has 0 unspecified atom stereocenters. The van der Waals surface area contributed by atoms with Gasteiger partial charge in [0.2, 0.25) is 9.84 Å². The van der Waals surface area contributed by atoms with Crippen molar-refractivity contribution in [2.45, 2.75) is 22.6 Å². The number of anilines is 6. The number of sulfone groups is 1. The molecule has 7 aromatic carbocycles. The fourth-order valence-electron chi connectivity index (χ4n) is 8.56. The van der Waals surface area contributed by atoms with Gasteiger partial charge < -0.3 is 4.90 Å². The third-order valence-corrected chi connectivity index (χ3v) is 13.5. The topological polar surface area (TPSA) is 92.2 Å². The van der Waals surface area contributed by atoms with Crippen molar-refractivity contribution in [3.8, 4) is 45.2 Å². The van der Waals surface area contributed by atoms with Crippen LogP contribution in [0.1, 0.15) is 18.5 Å². The summed E-state index contributed by atoms with van der Waals surface area (Å²) in [6.07, 6.45) is 8.03. The molecule has 11 rings (SSSR count). The number of hydrogen-bond donors (Lipinski definition) is 0. The Labute approximate surface area is 378 Å². The van der Waals surface area contributed by atoms with Crippen LogP contribution in [-0.4, -0.2) is 28.4 Å². The number of fused-ring (bicyclic) bond motifs is 3. The van der Waals surface area contributed by atoms with E-state index in [1.54, 1.807) is 12.1 Å². The molecular formula is C56H40N6O2S. The molecule has 9 heteroatoms. The van der Waals surface area contributed by atoms with E-state index in [0.29, 0.717) is 45.8 Å².